The van der Waals surface area contributed by atoms with Gasteiger partial charge in [-0.3, -0.25) is 0 Å². The molecule has 18 heavy (non-hydrogen) atoms. The highest BCUT2D eigenvalue weighted by Gasteiger charge is 2.39. The third-order valence-corrected chi connectivity index (χ3v) is 3.50. The Morgan fingerprint density at radius 2 is 1.78 bits per heavy atom. The summed E-state index contributed by atoms with van der Waals surface area (Å²) in [6.45, 7) is 5.32. The Hall–Kier alpha value is -1.32. The van der Waals surface area contributed by atoms with E-state index in [1.807, 2.05) is 0 Å². The molecule has 1 heterocycles. The van der Waals surface area contributed by atoms with Gasteiger partial charge in [0.25, 0.3) is 5.79 Å². The summed E-state index contributed by atoms with van der Waals surface area (Å²) in [6, 6.07) is 0. The van der Waals surface area contributed by atoms with Crippen LogP contribution in [0.2, 0.25) is 0 Å². The Kier molecular flexibility index (Phi) is 3.46. The van der Waals surface area contributed by atoms with Gasteiger partial charge < -0.3 is 9.47 Å². The highest BCUT2D eigenvalue weighted by atomic mass is 16.7. The topological polar surface area (TPSA) is 52.6 Å². The van der Waals surface area contributed by atoms with Crippen molar-refractivity contribution in [2.75, 3.05) is 0 Å². The van der Waals surface area contributed by atoms with Crippen LogP contribution in [0.1, 0.15) is 46.5 Å². The number of cyclic esters (lactones) is 2. The summed E-state index contributed by atoms with van der Waals surface area (Å²) < 4.78 is 10.1. The van der Waals surface area contributed by atoms with E-state index >= 15 is 0 Å². The molecule has 0 aromatic rings. The van der Waals surface area contributed by atoms with E-state index in [2.05, 4.69) is 6.92 Å². The van der Waals surface area contributed by atoms with Crippen LogP contribution in [0.15, 0.2) is 11.6 Å². The van der Waals surface area contributed by atoms with Crippen molar-refractivity contribution in [1.82, 2.24) is 0 Å². The van der Waals surface area contributed by atoms with Gasteiger partial charge >= 0.3 is 11.9 Å². The van der Waals surface area contributed by atoms with Crippen molar-refractivity contribution in [3.63, 3.8) is 0 Å². The van der Waals surface area contributed by atoms with Crippen molar-refractivity contribution < 1.29 is 19.1 Å². The van der Waals surface area contributed by atoms with Crippen LogP contribution in [0.4, 0.5) is 0 Å². The lowest BCUT2D eigenvalue weighted by Gasteiger charge is -2.31. The summed E-state index contributed by atoms with van der Waals surface area (Å²) in [4.78, 5) is 23.6. The van der Waals surface area contributed by atoms with Crippen LogP contribution in [-0.2, 0) is 19.1 Å². The Morgan fingerprint density at radius 3 is 2.33 bits per heavy atom. The smallest absolute Gasteiger partial charge is 0.348 e. The molecular weight excluding hydrogens is 232 g/mol. The van der Waals surface area contributed by atoms with Crippen molar-refractivity contribution in [3.05, 3.63) is 11.6 Å². The van der Waals surface area contributed by atoms with E-state index in [0.717, 1.165) is 19.3 Å². The van der Waals surface area contributed by atoms with Gasteiger partial charge in [0.05, 0.1) is 0 Å². The minimum Gasteiger partial charge on any atom is -0.419 e. The Bertz CT molecular complexity index is 373. The molecule has 4 nitrogen and oxygen atoms in total. The predicted octanol–water partition coefficient (Wildman–Crippen LogP) is 2.58. The Labute approximate surface area is 107 Å². The number of esters is 2. The zero-order valence-electron chi connectivity index (χ0n) is 11.2. The third-order valence-electron chi connectivity index (χ3n) is 3.50. The second-order valence-electron chi connectivity index (χ2n) is 5.79. The number of rotatable bonds is 1. The molecule has 2 fully saturated rings. The van der Waals surface area contributed by atoms with Gasteiger partial charge in [-0.25, -0.2) is 9.59 Å². The molecule has 4 heteroatoms. The molecule has 0 bridgehead atoms. The molecule has 0 radical (unpaired) electrons. The summed E-state index contributed by atoms with van der Waals surface area (Å²) in [5, 5.41) is 0. The number of ether oxygens (including phenoxy) is 2. The van der Waals surface area contributed by atoms with Gasteiger partial charge in [-0.2, -0.15) is 0 Å². The molecule has 2 rings (SSSR count). The van der Waals surface area contributed by atoms with Crippen LogP contribution in [0.3, 0.4) is 0 Å². The molecule has 0 spiro atoms. The molecule has 2 unspecified atom stereocenters. The van der Waals surface area contributed by atoms with E-state index in [-0.39, 0.29) is 11.5 Å². The minimum atomic E-state index is -1.15. The molecule has 1 aliphatic carbocycles. The van der Waals surface area contributed by atoms with E-state index in [0.29, 0.717) is 5.92 Å². The van der Waals surface area contributed by atoms with E-state index < -0.39 is 17.7 Å². The number of allylic oxidation sites excluding steroid dienone is 1. The van der Waals surface area contributed by atoms with Crippen molar-refractivity contribution >= 4 is 11.9 Å². The largest absolute Gasteiger partial charge is 0.419 e. The van der Waals surface area contributed by atoms with Gasteiger partial charge in [-0.15, -0.1) is 0 Å². The standard InChI is InChI=1S/C14H20O4/c1-9-5-4-6-10(7-9)8-11-12(15)17-14(2,3)18-13(11)16/h8-10H,4-7H2,1-3H3. The van der Waals surface area contributed by atoms with Crippen LogP contribution in [0.5, 0.6) is 0 Å². The summed E-state index contributed by atoms with van der Waals surface area (Å²) in [7, 11) is 0. The summed E-state index contributed by atoms with van der Waals surface area (Å²) in [5.74, 6) is -1.34. The van der Waals surface area contributed by atoms with Crippen molar-refractivity contribution in [2.24, 2.45) is 11.8 Å². The maximum atomic E-state index is 11.8. The number of hydrogen-bond donors (Lipinski definition) is 0. The van der Waals surface area contributed by atoms with E-state index in [1.165, 1.54) is 6.42 Å². The van der Waals surface area contributed by atoms with Crippen LogP contribution < -0.4 is 0 Å². The Balaban J connectivity index is 2.12. The fourth-order valence-corrected chi connectivity index (χ4v) is 2.66. The number of hydrogen-bond acceptors (Lipinski definition) is 4. The molecule has 1 saturated carbocycles. The van der Waals surface area contributed by atoms with E-state index in [1.54, 1.807) is 19.9 Å². The summed E-state index contributed by atoms with van der Waals surface area (Å²) >= 11 is 0. The molecule has 100 valence electrons. The molecule has 2 aliphatic rings. The molecule has 0 N–H and O–H groups in total. The van der Waals surface area contributed by atoms with Crippen LogP contribution in [0.25, 0.3) is 0 Å². The average Bonchev–Trinajstić information content (AvgIpc) is 2.22. The molecule has 0 aromatic heterocycles. The first kappa shape index (κ1) is 13.1. The summed E-state index contributed by atoms with van der Waals surface area (Å²) in [5.41, 5.74) is 0.0634. The van der Waals surface area contributed by atoms with Gasteiger partial charge in [0, 0.05) is 13.8 Å². The van der Waals surface area contributed by atoms with Crippen molar-refractivity contribution in [1.29, 1.82) is 0 Å². The lowest BCUT2D eigenvalue weighted by Crippen LogP contribution is -2.42. The zero-order chi connectivity index (χ0) is 13.3. The highest BCUT2D eigenvalue weighted by Crippen LogP contribution is 2.32. The fraction of sp³-hybridized carbons (Fsp3) is 0.714. The van der Waals surface area contributed by atoms with Gasteiger partial charge in [-0.1, -0.05) is 25.8 Å². The molecule has 2 atom stereocenters. The normalized spacial score (nSPS) is 31.6. The molecule has 0 aromatic carbocycles. The van der Waals surface area contributed by atoms with Gasteiger partial charge in [0.15, 0.2) is 0 Å². The maximum absolute atomic E-state index is 11.8. The maximum Gasteiger partial charge on any atom is 0.348 e. The molecule has 1 aliphatic heterocycles. The highest BCUT2D eigenvalue weighted by molar-refractivity contribution is 6.15. The number of carbonyl (C=O) groups is 2. The van der Waals surface area contributed by atoms with Crippen LogP contribution >= 0.6 is 0 Å². The third kappa shape index (κ3) is 2.92. The average molecular weight is 252 g/mol. The molecule has 1 saturated heterocycles. The SMILES string of the molecule is CC1CCCC(C=C2C(=O)OC(C)(C)OC2=O)C1. The first-order chi connectivity index (χ1) is 8.37. The predicted molar refractivity (Wildman–Crippen MR) is 65.5 cm³/mol. The lowest BCUT2D eigenvalue weighted by atomic mass is 9.81. The summed E-state index contributed by atoms with van der Waals surface area (Å²) in [6.07, 6.45) is 6.16. The lowest BCUT2D eigenvalue weighted by molar-refractivity contribution is -0.222. The van der Waals surface area contributed by atoms with Gasteiger partial charge in [0.2, 0.25) is 0 Å². The van der Waals surface area contributed by atoms with Gasteiger partial charge in [-0.05, 0) is 24.7 Å². The molecule has 0 amide bonds. The van der Waals surface area contributed by atoms with Gasteiger partial charge in [0.1, 0.15) is 5.57 Å². The first-order valence-electron chi connectivity index (χ1n) is 6.56. The van der Waals surface area contributed by atoms with Crippen LogP contribution in [0, 0.1) is 11.8 Å². The molecular formula is C14H20O4. The second kappa shape index (κ2) is 4.75. The Morgan fingerprint density at radius 1 is 1.17 bits per heavy atom. The van der Waals surface area contributed by atoms with E-state index in [4.69, 9.17) is 9.47 Å². The second-order valence-corrected chi connectivity index (χ2v) is 5.79. The monoisotopic (exact) mass is 252 g/mol. The first-order valence-corrected chi connectivity index (χ1v) is 6.56. The quantitative estimate of drug-likeness (QED) is 0.409. The zero-order valence-corrected chi connectivity index (χ0v) is 11.2. The fourth-order valence-electron chi connectivity index (χ4n) is 2.66. The van der Waals surface area contributed by atoms with E-state index in [9.17, 15) is 9.59 Å². The minimum absolute atomic E-state index is 0.0634. The van der Waals surface area contributed by atoms with Crippen molar-refractivity contribution in [3.8, 4) is 0 Å². The van der Waals surface area contributed by atoms with Crippen molar-refractivity contribution in [2.45, 2.75) is 52.2 Å². The van der Waals surface area contributed by atoms with Crippen LogP contribution in [-0.4, -0.2) is 17.7 Å². The number of carbonyl (C=O) groups excluding carboxylic acids is 2.